The third kappa shape index (κ3) is 4.79. The number of aryl methyl sites for hydroxylation is 1. The third-order valence-corrected chi connectivity index (χ3v) is 6.30. The van der Waals surface area contributed by atoms with Crippen LogP contribution < -0.4 is 5.32 Å². The van der Waals surface area contributed by atoms with E-state index in [1.54, 1.807) is 6.07 Å². The number of amides is 1. The van der Waals surface area contributed by atoms with Crippen molar-refractivity contribution in [3.05, 3.63) is 35.3 Å². The lowest BCUT2D eigenvalue weighted by Crippen LogP contribution is -2.51. The summed E-state index contributed by atoms with van der Waals surface area (Å²) < 4.78 is 24.7. The van der Waals surface area contributed by atoms with Gasteiger partial charge < -0.3 is 19.8 Å². The molecule has 2 saturated heterocycles. The lowest BCUT2D eigenvalue weighted by atomic mass is 9.79. The molecule has 7 heteroatoms. The molecule has 1 aromatic carbocycles. The highest BCUT2D eigenvalue weighted by molar-refractivity contribution is 5.90. The van der Waals surface area contributed by atoms with Crippen LogP contribution in [0.25, 0.3) is 10.9 Å². The van der Waals surface area contributed by atoms with Gasteiger partial charge in [-0.1, -0.05) is 0 Å². The zero-order chi connectivity index (χ0) is 20.3. The van der Waals surface area contributed by atoms with E-state index in [9.17, 15) is 9.18 Å². The Morgan fingerprint density at radius 1 is 1.21 bits per heavy atom. The van der Waals surface area contributed by atoms with E-state index in [1.807, 2.05) is 6.92 Å². The van der Waals surface area contributed by atoms with E-state index in [4.69, 9.17) is 9.47 Å². The van der Waals surface area contributed by atoms with Gasteiger partial charge in [0.05, 0.1) is 19.6 Å². The number of hydrogen-bond donors (Lipinski definition) is 2. The minimum Gasteiger partial charge on any atom is -0.381 e. The van der Waals surface area contributed by atoms with Crippen LogP contribution in [0.2, 0.25) is 0 Å². The molecule has 0 spiro atoms. The van der Waals surface area contributed by atoms with Crippen LogP contribution in [0.5, 0.6) is 0 Å². The summed E-state index contributed by atoms with van der Waals surface area (Å²) in [6.45, 7) is 8.43. The Morgan fingerprint density at radius 3 is 2.69 bits per heavy atom. The molecule has 2 aromatic rings. The van der Waals surface area contributed by atoms with Crippen molar-refractivity contribution >= 4 is 16.8 Å². The van der Waals surface area contributed by atoms with Crippen LogP contribution in [0.4, 0.5) is 4.39 Å². The van der Waals surface area contributed by atoms with Crippen LogP contribution in [0.3, 0.4) is 0 Å². The zero-order valence-electron chi connectivity index (χ0n) is 17.1. The van der Waals surface area contributed by atoms with Crippen molar-refractivity contribution in [2.24, 2.45) is 5.41 Å². The summed E-state index contributed by atoms with van der Waals surface area (Å²) in [6, 6.07) is 4.65. The van der Waals surface area contributed by atoms with Gasteiger partial charge in [-0.25, -0.2) is 4.39 Å². The van der Waals surface area contributed by atoms with E-state index in [2.05, 4.69) is 15.2 Å². The summed E-state index contributed by atoms with van der Waals surface area (Å²) in [5.74, 6) is -0.309. The van der Waals surface area contributed by atoms with Gasteiger partial charge in [-0.15, -0.1) is 0 Å². The van der Waals surface area contributed by atoms with E-state index in [0.717, 1.165) is 81.1 Å². The number of aromatic nitrogens is 1. The number of nitrogens with zero attached hydrogens (tertiary/aromatic N) is 1. The predicted octanol–water partition coefficient (Wildman–Crippen LogP) is 2.40. The fourth-order valence-corrected chi connectivity index (χ4v) is 4.52. The molecule has 0 atom stereocenters. The Morgan fingerprint density at radius 2 is 1.93 bits per heavy atom. The number of halogens is 1. The van der Waals surface area contributed by atoms with Crippen LogP contribution in [0.1, 0.15) is 24.1 Å². The van der Waals surface area contributed by atoms with Crippen LogP contribution in [0.15, 0.2) is 18.2 Å². The van der Waals surface area contributed by atoms with Crippen molar-refractivity contribution in [2.75, 3.05) is 52.6 Å². The highest BCUT2D eigenvalue weighted by Gasteiger charge is 2.35. The van der Waals surface area contributed by atoms with Gasteiger partial charge in [0.2, 0.25) is 5.91 Å². The summed E-state index contributed by atoms with van der Waals surface area (Å²) in [5.41, 5.74) is 2.67. The number of hydrogen-bond acceptors (Lipinski definition) is 4. The number of aromatic amines is 1. The number of H-pyrrole nitrogens is 1. The summed E-state index contributed by atoms with van der Waals surface area (Å²) in [7, 11) is 0. The van der Waals surface area contributed by atoms with Gasteiger partial charge in [0.25, 0.3) is 0 Å². The molecule has 0 radical (unpaired) electrons. The second-order valence-electron chi connectivity index (χ2n) is 8.37. The quantitative estimate of drug-likeness (QED) is 0.777. The van der Waals surface area contributed by atoms with Crippen LogP contribution in [0, 0.1) is 18.2 Å². The Balaban J connectivity index is 1.42. The highest BCUT2D eigenvalue weighted by atomic mass is 19.1. The van der Waals surface area contributed by atoms with Crippen LogP contribution >= 0.6 is 0 Å². The fourth-order valence-electron chi connectivity index (χ4n) is 4.52. The number of fused-ring (bicyclic) bond motifs is 1. The number of nitrogens with one attached hydrogen (secondary N) is 2. The Hall–Kier alpha value is -1.96. The maximum atomic E-state index is 13.7. The number of morpholine rings is 1. The molecule has 2 fully saturated rings. The van der Waals surface area contributed by atoms with Gasteiger partial charge >= 0.3 is 0 Å². The van der Waals surface area contributed by atoms with Crippen molar-refractivity contribution in [1.82, 2.24) is 15.2 Å². The largest absolute Gasteiger partial charge is 0.381 e. The lowest BCUT2D eigenvalue weighted by Gasteiger charge is -2.42. The monoisotopic (exact) mass is 403 g/mol. The van der Waals surface area contributed by atoms with Gasteiger partial charge in [0, 0.05) is 61.4 Å². The molecule has 6 nitrogen and oxygen atoms in total. The summed E-state index contributed by atoms with van der Waals surface area (Å²) in [5, 5.41) is 3.95. The van der Waals surface area contributed by atoms with E-state index in [0.29, 0.717) is 6.54 Å². The standard InChI is InChI=1S/C22H30FN3O3/c1-16-18(19-12-17(23)2-3-20(19)25-16)13-21(27)24-14-22(4-8-28-9-5-22)15-26-6-10-29-11-7-26/h2-3,12,25H,4-11,13-15H2,1H3,(H,24,27). The number of carbonyl (C=O) groups excluding carboxylic acids is 1. The van der Waals surface area contributed by atoms with E-state index >= 15 is 0 Å². The predicted molar refractivity (Wildman–Crippen MR) is 109 cm³/mol. The Labute approximate surface area is 170 Å². The minimum atomic E-state index is -0.287. The first-order valence-electron chi connectivity index (χ1n) is 10.5. The lowest BCUT2D eigenvalue weighted by molar-refractivity contribution is -0.121. The first-order valence-corrected chi connectivity index (χ1v) is 10.5. The summed E-state index contributed by atoms with van der Waals surface area (Å²) in [6.07, 6.45) is 2.14. The second kappa shape index (κ2) is 8.81. The number of rotatable bonds is 6. The molecular formula is C22H30FN3O3. The number of benzene rings is 1. The summed E-state index contributed by atoms with van der Waals surface area (Å²) >= 11 is 0. The molecule has 29 heavy (non-hydrogen) atoms. The smallest absolute Gasteiger partial charge is 0.224 e. The van der Waals surface area contributed by atoms with Crippen molar-refractivity contribution in [3.8, 4) is 0 Å². The fraction of sp³-hybridized carbons (Fsp3) is 0.591. The molecule has 2 N–H and O–H groups in total. The first kappa shape index (κ1) is 20.3. The molecular weight excluding hydrogens is 373 g/mol. The average molecular weight is 403 g/mol. The highest BCUT2D eigenvalue weighted by Crippen LogP contribution is 2.31. The molecule has 158 valence electrons. The Kier molecular flexibility index (Phi) is 6.18. The van der Waals surface area contributed by atoms with E-state index < -0.39 is 0 Å². The van der Waals surface area contributed by atoms with E-state index in [-0.39, 0.29) is 23.6 Å². The van der Waals surface area contributed by atoms with Gasteiger partial charge in [0.1, 0.15) is 5.82 Å². The van der Waals surface area contributed by atoms with Crippen LogP contribution in [-0.2, 0) is 20.7 Å². The van der Waals surface area contributed by atoms with Gasteiger partial charge in [-0.05, 0) is 43.5 Å². The molecule has 3 heterocycles. The first-order chi connectivity index (χ1) is 14.0. The molecule has 2 aliphatic heterocycles. The van der Waals surface area contributed by atoms with Crippen molar-refractivity contribution in [1.29, 1.82) is 0 Å². The number of carbonyl (C=O) groups is 1. The average Bonchev–Trinajstić information content (AvgIpc) is 3.03. The normalized spacial score (nSPS) is 20.1. The van der Waals surface area contributed by atoms with Crippen molar-refractivity contribution in [2.45, 2.75) is 26.2 Å². The van der Waals surface area contributed by atoms with E-state index in [1.165, 1.54) is 12.1 Å². The molecule has 0 unspecified atom stereocenters. The minimum absolute atomic E-state index is 0.0221. The maximum Gasteiger partial charge on any atom is 0.224 e. The van der Waals surface area contributed by atoms with Crippen molar-refractivity contribution < 1.29 is 18.7 Å². The summed E-state index contributed by atoms with van der Waals surface area (Å²) in [4.78, 5) is 18.5. The molecule has 2 aliphatic rings. The number of ether oxygens (including phenoxy) is 2. The molecule has 0 bridgehead atoms. The molecule has 1 aromatic heterocycles. The van der Waals surface area contributed by atoms with Gasteiger partial charge in [-0.2, -0.15) is 0 Å². The zero-order valence-corrected chi connectivity index (χ0v) is 17.1. The van der Waals surface area contributed by atoms with Gasteiger partial charge in [0.15, 0.2) is 0 Å². The topological polar surface area (TPSA) is 66.6 Å². The van der Waals surface area contributed by atoms with Crippen molar-refractivity contribution in [3.63, 3.8) is 0 Å². The Bertz CT molecular complexity index is 854. The molecule has 1 amide bonds. The third-order valence-electron chi connectivity index (χ3n) is 6.30. The molecule has 4 rings (SSSR count). The SMILES string of the molecule is Cc1[nH]c2ccc(F)cc2c1CC(=O)NCC1(CN2CCOCC2)CCOCC1. The molecule has 0 saturated carbocycles. The van der Waals surface area contributed by atoms with Crippen LogP contribution in [-0.4, -0.2) is 68.4 Å². The second-order valence-corrected chi connectivity index (χ2v) is 8.37. The van der Waals surface area contributed by atoms with Gasteiger partial charge in [-0.3, -0.25) is 9.69 Å². The molecule has 0 aliphatic carbocycles. The maximum absolute atomic E-state index is 13.7.